The zero-order chi connectivity index (χ0) is 58.6. The number of nitrogens with one attached hydrogen (secondary N) is 7. The van der Waals surface area contributed by atoms with E-state index in [1.807, 2.05) is 0 Å². The van der Waals surface area contributed by atoms with Crippen LogP contribution in [-0.2, 0) is 65.6 Å². The molecule has 0 spiro atoms. The molecule has 3 rings (SSSR count). The van der Waals surface area contributed by atoms with Gasteiger partial charge in [-0.2, -0.15) is 0 Å². The highest BCUT2D eigenvalue weighted by atomic mass is 16.4. The number of aliphatic hydroxyl groups excluding tert-OH is 2. The van der Waals surface area contributed by atoms with Crippen LogP contribution < -0.4 is 54.4 Å². The number of aromatic hydroxyl groups is 1. The molecule has 0 bridgehead atoms. The van der Waals surface area contributed by atoms with Gasteiger partial charge in [-0.3, -0.25) is 47.9 Å². The number of carbonyl (C=O) groups excluding carboxylic acids is 10. The Kier molecular flexibility index (Phi) is 25.6. The highest BCUT2D eigenvalue weighted by Crippen LogP contribution is 2.22. The summed E-state index contributed by atoms with van der Waals surface area (Å²) in [4.78, 5) is 148. The van der Waals surface area contributed by atoms with Crippen molar-refractivity contribution in [1.29, 1.82) is 0 Å². The van der Waals surface area contributed by atoms with Gasteiger partial charge in [0, 0.05) is 32.2 Å². The normalized spacial score (nSPS) is 17.4. The molecule has 1 fully saturated rings. The van der Waals surface area contributed by atoms with E-state index < -0.39 is 143 Å². The van der Waals surface area contributed by atoms with Crippen molar-refractivity contribution < 1.29 is 73.2 Å². The van der Waals surface area contributed by atoms with Crippen molar-refractivity contribution in [3.63, 3.8) is 0 Å². The standard InChI is InChI=1S/C52H77N11O15/c1-7-27(4)41(50(75)62-43(29(6)65)52(77)78)60-48(73)37-14-11-23-63(37)51(76)42(28(5)64)61-49(74)40(26(2)3)59-47(72)36(24-30-12-9-8-10-13-30)58-46(71)35(25-31-15-17-32(66)18-16-31)57-45(70)34(20-22-39(55)68)56-44(69)33(53)19-21-38(54)67/h8-10,12-13,15-18,26-29,33-37,40-43,64-66H,7,11,14,19-25,53H2,1-6H3,(H2,54,67)(H2,55,68)(H,56,69)(H,57,70)(H,58,71)(H,59,72)(H,60,73)(H,61,74)(H,62,75)(H,77,78)/t27-,28+,29+,33-,34-,35-,36-,37-,40-,41-,42-,43-/m0/s1. The lowest BCUT2D eigenvalue weighted by Gasteiger charge is -2.33. The van der Waals surface area contributed by atoms with Gasteiger partial charge in [-0.05, 0) is 74.6 Å². The molecule has 430 valence electrons. The number of aliphatic hydroxyl groups is 2. The summed E-state index contributed by atoms with van der Waals surface area (Å²) < 4.78 is 0. The Morgan fingerprint density at radius 2 is 1.06 bits per heavy atom. The quantitative estimate of drug-likeness (QED) is 0.0357. The number of aliphatic carboxylic acids is 1. The lowest BCUT2D eigenvalue weighted by molar-refractivity contribution is -0.146. The number of nitrogens with two attached hydrogens (primary N) is 3. The van der Waals surface area contributed by atoms with E-state index in [2.05, 4.69) is 37.2 Å². The van der Waals surface area contributed by atoms with Gasteiger partial charge in [0.1, 0.15) is 48.0 Å². The Labute approximate surface area is 452 Å². The van der Waals surface area contributed by atoms with Gasteiger partial charge in [-0.25, -0.2) is 4.79 Å². The predicted octanol–water partition coefficient (Wildman–Crippen LogP) is -3.03. The first-order valence-electron chi connectivity index (χ1n) is 25.8. The highest BCUT2D eigenvalue weighted by molar-refractivity contribution is 5.99. The number of carboxylic acid groups (broad SMARTS) is 1. The number of hydrogen-bond donors (Lipinski definition) is 14. The molecule has 26 heteroatoms. The van der Waals surface area contributed by atoms with Crippen LogP contribution >= 0.6 is 0 Å². The predicted molar refractivity (Wildman–Crippen MR) is 280 cm³/mol. The number of phenolic OH excluding ortho intramolecular Hbond substituents is 1. The van der Waals surface area contributed by atoms with Gasteiger partial charge in [-0.15, -0.1) is 0 Å². The SMILES string of the molecule is CC[C@H](C)[C@H](NC(=O)[C@@H]1CCCN1C(=O)[C@@H](NC(=O)[C@@H](NC(=O)[C@H](Cc1ccccc1)NC(=O)[C@H](Cc1ccc(O)cc1)NC(=O)[C@H](CCC(N)=O)NC(=O)[C@@H](N)CCC(N)=O)C(C)C)[C@@H](C)O)C(=O)N[C@H](C(=O)O)[C@@H](C)O. The maximum absolute atomic E-state index is 14.5. The minimum atomic E-state index is -1.68. The molecule has 0 aliphatic carbocycles. The first kappa shape index (κ1) is 64.6. The van der Waals surface area contributed by atoms with E-state index in [1.165, 1.54) is 38.1 Å². The summed E-state index contributed by atoms with van der Waals surface area (Å²) in [5.74, 6) is -11.5. The highest BCUT2D eigenvalue weighted by Gasteiger charge is 2.43. The maximum atomic E-state index is 14.5. The summed E-state index contributed by atoms with van der Waals surface area (Å²) in [6.07, 6.45) is -3.79. The molecule has 17 N–H and O–H groups in total. The fraction of sp³-hybridized carbons (Fsp3) is 0.558. The van der Waals surface area contributed by atoms with Crippen molar-refractivity contribution >= 4 is 65.0 Å². The number of amides is 10. The van der Waals surface area contributed by atoms with Crippen LogP contribution in [0.4, 0.5) is 0 Å². The van der Waals surface area contributed by atoms with Crippen molar-refractivity contribution in [2.75, 3.05) is 6.54 Å². The van der Waals surface area contributed by atoms with Crippen molar-refractivity contribution in [2.24, 2.45) is 29.0 Å². The molecule has 0 unspecified atom stereocenters. The molecule has 1 aliphatic rings. The number of hydrogen-bond acceptors (Lipinski definition) is 15. The molecule has 2 aromatic carbocycles. The smallest absolute Gasteiger partial charge is 0.328 e. The number of carbonyl (C=O) groups is 11. The second kappa shape index (κ2) is 30.9. The number of likely N-dealkylation sites (tertiary alicyclic amines) is 1. The van der Waals surface area contributed by atoms with Crippen LogP contribution in [-0.4, -0.2) is 163 Å². The molecule has 1 heterocycles. The molecule has 1 saturated heterocycles. The van der Waals surface area contributed by atoms with Gasteiger partial charge in [0.2, 0.25) is 59.1 Å². The number of benzene rings is 2. The molecular weight excluding hydrogens is 1020 g/mol. The second-order valence-corrected chi connectivity index (χ2v) is 19.9. The Hall–Kier alpha value is -7.71. The third kappa shape index (κ3) is 20.0. The molecule has 78 heavy (non-hydrogen) atoms. The molecule has 26 nitrogen and oxygen atoms in total. The summed E-state index contributed by atoms with van der Waals surface area (Å²) in [5, 5.41) is 58.1. The Morgan fingerprint density at radius 3 is 1.58 bits per heavy atom. The molecule has 0 saturated carbocycles. The zero-order valence-electron chi connectivity index (χ0n) is 44.7. The summed E-state index contributed by atoms with van der Waals surface area (Å²) >= 11 is 0. The van der Waals surface area contributed by atoms with Crippen LogP contribution in [0.5, 0.6) is 5.75 Å². The Balaban J connectivity index is 1.92. The molecule has 10 amide bonds. The largest absolute Gasteiger partial charge is 0.508 e. The average molecular weight is 1100 g/mol. The topological polar surface area (TPSA) is 434 Å². The fourth-order valence-electron chi connectivity index (χ4n) is 8.43. The van der Waals surface area contributed by atoms with Crippen LogP contribution in [0, 0.1) is 11.8 Å². The molecule has 1 aliphatic heterocycles. The van der Waals surface area contributed by atoms with Crippen LogP contribution in [0.2, 0.25) is 0 Å². The van der Waals surface area contributed by atoms with Gasteiger partial charge in [0.05, 0.1) is 18.2 Å². The van der Waals surface area contributed by atoms with E-state index in [0.29, 0.717) is 24.0 Å². The van der Waals surface area contributed by atoms with E-state index >= 15 is 0 Å². The van der Waals surface area contributed by atoms with Crippen molar-refractivity contribution in [3.8, 4) is 5.75 Å². The van der Waals surface area contributed by atoms with Gasteiger partial charge < -0.3 is 79.7 Å². The number of rotatable bonds is 31. The van der Waals surface area contributed by atoms with Crippen LogP contribution in [0.1, 0.15) is 97.6 Å². The van der Waals surface area contributed by atoms with Crippen molar-refractivity contribution in [1.82, 2.24) is 42.1 Å². The van der Waals surface area contributed by atoms with Crippen LogP contribution in [0.15, 0.2) is 54.6 Å². The van der Waals surface area contributed by atoms with Crippen LogP contribution in [0.25, 0.3) is 0 Å². The average Bonchev–Trinajstić information content (AvgIpc) is 3.89. The van der Waals surface area contributed by atoms with Gasteiger partial charge in [0.25, 0.3) is 0 Å². The minimum absolute atomic E-state index is 0.00790. The zero-order valence-corrected chi connectivity index (χ0v) is 44.7. The molecule has 12 atom stereocenters. The number of carboxylic acids is 1. The van der Waals surface area contributed by atoms with Crippen LogP contribution in [0.3, 0.4) is 0 Å². The number of phenols is 1. The molecule has 0 radical (unpaired) electrons. The number of primary amides is 2. The minimum Gasteiger partial charge on any atom is -0.508 e. The van der Waals surface area contributed by atoms with E-state index in [4.69, 9.17) is 17.2 Å². The molecule has 0 aromatic heterocycles. The first-order valence-corrected chi connectivity index (χ1v) is 25.8. The Morgan fingerprint density at radius 1 is 0.590 bits per heavy atom. The lowest BCUT2D eigenvalue weighted by Crippen LogP contribution is -2.63. The third-order valence-corrected chi connectivity index (χ3v) is 13.2. The first-order chi connectivity index (χ1) is 36.6. The van der Waals surface area contributed by atoms with Crippen molar-refractivity contribution in [2.45, 2.75) is 166 Å². The van der Waals surface area contributed by atoms with Gasteiger partial charge >= 0.3 is 5.97 Å². The second-order valence-electron chi connectivity index (χ2n) is 19.9. The summed E-state index contributed by atoms with van der Waals surface area (Å²) in [6.45, 7) is 8.97. The van der Waals surface area contributed by atoms with Gasteiger partial charge in [-0.1, -0.05) is 76.6 Å². The lowest BCUT2D eigenvalue weighted by atomic mass is 9.97. The van der Waals surface area contributed by atoms with E-state index in [0.717, 1.165) is 4.90 Å². The van der Waals surface area contributed by atoms with E-state index in [9.17, 15) is 73.2 Å². The molecule has 2 aromatic rings. The summed E-state index contributed by atoms with van der Waals surface area (Å²) in [6, 6.07) is 1.03. The monoisotopic (exact) mass is 1100 g/mol. The summed E-state index contributed by atoms with van der Waals surface area (Å²) in [7, 11) is 0. The fourth-order valence-corrected chi connectivity index (χ4v) is 8.43. The van der Waals surface area contributed by atoms with E-state index in [1.54, 1.807) is 58.0 Å². The summed E-state index contributed by atoms with van der Waals surface area (Å²) in [5.41, 5.74) is 17.5. The van der Waals surface area contributed by atoms with Crippen molar-refractivity contribution in [3.05, 3.63) is 65.7 Å². The number of nitrogens with zero attached hydrogens (tertiary/aromatic N) is 1. The molecular formula is C52H77N11O15. The van der Waals surface area contributed by atoms with E-state index in [-0.39, 0.29) is 57.2 Å². The van der Waals surface area contributed by atoms with Gasteiger partial charge in [0.15, 0.2) is 6.04 Å². The third-order valence-electron chi connectivity index (χ3n) is 13.2. The maximum Gasteiger partial charge on any atom is 0.328 e. The Bertz CT molecular complexity index is 2420.